The third kappa shape index (κ3) is 4.43. The number of carboxylic acid groups (broad SMARTS) is 2. The van der Waals surface area contributed by atoms with Crippen LogP contribution in [-0.2, 0) is 14.2 Å². The summed E-state index contributed by atoms with van der Waals surface area (Å²) in [5.74, 6) is -3.40. The minimum absolute atomic E-state index is 0.223. The normalized spacial score (nSPS) is 15.6. The topological polar surface area (TPSA) is 135 Å². The molecule has 0 aliphatic carbocycles. The summed E-state index contributed by atoms with van der Waals surface area (Å²) < 4.78 is 11.1. The van der Waals surface area contributed by atoms with Gasteiger partial charge in [-0.05, 0) is 20.0 Å². The highest BCUT2D eigenvalue weighted by Crippen LogP contribution is 2.44. The van der Waals surface area contributed by atoms with Crippen LogP contribution in [0.2, 0.25) is 0 Å². The van der Waals surface area contributed by atoms with Crippen LogP contribution >= 0.6 is 7.60 Å². The van der Waals surface area contributed by atoms with Gasteiger partial charge in [-0.3, -0.25) is 19.1 Å². The Morgan fingerprint density at radius 2 is 1.71 bits per heavy atom. The molecular weight excluding hydrogens is 253 g/mol. The number of nitrogens with zero attached hydrogens (tertiary/aromatic N) is 1. The molecule has 17 heavy (non-hydrogen) atoms. The van der Waals surface area contributed by atoms with E-state index < -0.39 is 31.2 Å². The Hall–Kier alpha value is -0.950. The maximum Gasteiger partial charge on any atom is 0.342 e. The zero-order valence-electron chi connectivity index (χ0n) is 9.48. The van der Waals surface area contributed by atoms with Crippen molar-refractivity contribution < 1.29 is 34.2 Å². The van der Waals surface area contributed by atoms with Crippen LogP contribution in [0.25, 0.3) is 0 Å². The lowest BCUT2D eigenvalue weighted by molar-refractivity contribution is -0.149. The van der Waals surface area contributed by atoms with Gasteiger partial charge < -0.3 is 20.0 Å². The summed E-state index contributed by atoms with van der Waals surface area (Å²) in [6, 6.07) is -1.76. The van der Waals surface area contributed by atoms with Gasteiger partial charge in [0, 0.05) is 0 Å². The highest BCUT2D eigenvalue weighted by molar-refractivity contribution is 7.53. The van der Waals surface area contributed by atoms with E-state index in [1.54, 1.807) is 6.92 Å². The van der Waals surface area contributed by atoms with E-state index in [2.05, 4.69) is 0 Å². The Morgan fingerprint density at radius 3 is 1.94 bits per heavy atom. The second-order valence-electron chi connectivity index (χ2n) is 3.64. The summed E-state index contributed by atoms with van der Waals surface area (Å²) in [5, 5.41) is 17.7. The molecule has 8 nitrogen and oxygen atoms in total. The summed E-state index contributed by atoms with van der Waals surface area (Å²) in [7, 11) is -3.73. The fourth-order valence-electron chi connectivity index (χ4n) is 1.52. The molecule has 0 bridgehead atoms. The van der Waals surface area contributed by atoms with Crippen LogP contribution in [0.1, 0.15) is 13.3 Å². The van der Waals surface area contributed by atoms with E-state index in [0.29, 0.717) is 6.42 Å². The van der Waals surface area contributed by atoms with Gasteiger partial charge in [0.1, 0.15) is 6.04 Å². The molecule has 100 valence electrons. The van der Waals surface area contributed by atoms with Crippen LogP contribution in [0.5, 0.6) is 0 Å². The summed E-state index contributed by atoms with van der Waals surface area (Å²) in [6.07, 6.45) is 0.535. The highest BCUT2D eigenvalue weighted by Gasteiger charge is 2.47. The number of carboxylic acids is 2. The first-order chi connectivity index (χ1) is 7.62. The SMILES string of the molecule is CCCN(C)C(C(=O)O)C(C(=O)O)P(=O)(O)O. The van der Waals surface area contributed by atoms with E-state index in [1.807, 2.05) is 0 Å². The lowest BCUT2D eigenvalue weighted by Crippen LogP contribution is -2.50. The average molecular weight is 269 g/mol. The first-order valence-corrected chi connectivity index (χ1v) is 6.52. The molecule has 0 radical (unpaired) electrons. The monoisotopic (exact) mass is 269 g/mol. The molecule has 0 aliphatic rings. The number of hydrogen-bond acceptors (Lipinski definition) is 4. The Bertz CT molecular complexity index is 339. The standard InChI is InChI=1S/C8H16NO7P/c1-3-4-9(2)5(7(10)11)6(8(12)13)17(14,15)16/h5-6H,3-4H2,1-2H3,(H,10,11)(H,12,13)(H2,14,15,16). The molecule has 0 saturated heterocycles. The molecule has 9 heteroatoms. The van der Waals surface area contributed by atoms with Gasteiger partial charge in [-0.15, -0.1) is 0 Å². The summed E-state index contributed by atoms with van der Waals surface area (Å²) >= 11 is 0. The minimum atomic E-state index is -5.04. The van der Waals surface area contributed by atoms with Crippen LogP contribution in [0.15, 0.2) is 0 Å². The smallest absolute Gasteiger partial charge is 0.342 e. The van der Waals surface area contributed by atoms with E-state index in [-0.39, 0.29) is 6.54 Å². The van der Waals surface area contributed by atoms with Crippen molar-refractivity contribution in [2.45, 2.75) is 25.0 Å². The zero-order chi connectivity index (χ0) is 13.8. The molecule has 4 N–H and O–H groups in total. The molecule has 0 heterocycles. The highest BCUT2D eigenvalue weighted by atomic mass is 31.2. The van der Waals surface area contributed by atoms with Crippen LogP contribution < -0.4 is 0 Å². The number of carbonyl (C=O) groups is 2. The predicted molar refractivity (Wildman–Crippen MR) is 57.8 cm³/mol. The van der Waals surface area contributed by atoms with Crippen molar-refractivity contribution in [3.63, 3.8) is 0 Å². The second-order valence-corrected chi connectivity index (χ2v) is 5.37. The molecule has 0 saturated carbocycles. The molecule has 0 aliphatic heterocycles. The predicted octanol–water partition coefficient (Wildman–Crippen LogP) is -0.588. The number of likely N-dealkylation sites (N-methyl/N-ethyl adjacent to an activating group) is 1. The number of aliphatic carboxylic acids is 2. The van der Waals surface area contributed by atoms with Gasteiger partial charge >= 0.3 is 19.5 Å². The van der Waals surface area contributed by atoms with Crippen molar-refractivity contribution in [3.8, 4) is 0 Å². The Kier molecular flexibility index (Phi) is 5.77. The van der Waals surface area contributed by atoms with Gasteiger partial charge in [-0.25, -0.2) is 0 Å². The van der Waals surface area contributed by atoms with Crippen LogP contribution in [-0.4, -0.2) is 62.1 Å². The lowest BCUT2D eigenvalue weighted by atomic mass is 10.1. The zero-order valence-corrected chi connectivity index (χ0v) is 10.4. The van der Waals surface area contributed by atoms with Crippen LogP contribution in [0.4, 0.5) is 0 Å². The molecule has 0 rings (SSSR count). The maximum absolute atomic E-state index is 11.1. The van der Waals surface area contributed by atoms with Crippen LogP contribution in [0.3, 0.4) is 0 Å². The van der Waals surface area contributed by atoms with Gasteiger partial charge in [0.05, 0.1) is 0 Å². The molecule has 0 amide bonds. The average Bonchev–Trinajstić information content (AvgIpc) is 2.10. The Balaban J connectivity index is 5.33. The Labute approximate surface area is 98.0 Å². The fraction of sp³-hybridized carbons (Fsp3) is 0.750. The molecule has 2 unspecified atom stereocenters. The third-order valence-corrected chi connectivity index (χ3v) is 3.45. The number of hydrogen-bond donors (Lipinski definition) is 4. The molecule has 2 atom stereocenters. The molecular formula is C8H16NO7P. The van der Waals surface area contributed by atoms with Crippen LogP contribution in [0, 0.1) is 0 Å². The summed E-state index contributed by atoms with van der Waals surface area (Å²) in [4.78, 5) is 40.7. The van der Waals surface area contributed by atoms with Crippen molar-refractivity contribution in [2.75, 3.05) is 13.6 Å². The van der Waals surface area contributed by atoms with E-state index >= 15 is 0 Å². The first-order valence-electron chi connectivity index (χ1n) is 4.84. The van der Waals surface area contributed by atoms with Crippen molar-refractivity contribution in [3.05, 3.63) is 0 Å². The first kappa shape index (κ1) is 16.1. The van der Waals surface area contributed by atoms with E-state index in [9.17, 15) is 14.2 Å². The molecule has 0 aromatic heterocycles. The fourth-order valence-corrected chi connectivity index (χ4v) is 2.53. The summed E-state index contributed by atoms with van der Waals surface area (Å²) in [5.41, 5.74) is -2.27. The van der Waals surface area contributed by atoms with E-state index in [4.69, 9.17) is 20.0 Å². The van der Waals surface area contributed by atoms with Gasteiger partial charge in [-0.1, -0.05) is 6.92 Å². The molecule has 0 aromatic carbocycles. The quantitative estimate of drug-likeness (QED) is 0.450. The van der Waals surface area contributed by atoms with E-state index in [0.717, 1.165) is 4.90 Å². The van der Waals surface area contributed by atoms with Crippen molar-refractivity contribution in [1.29, 1.82) is 0 Å². The van der Waals surface area contributed by atoms with Crippen molar-refractivity contribution in [1.82, 2.24) is 4.90 Å². The summed E-state index contributed by atoms with van der Waals surface area (Å²) in [6.45, 7) is 1.96. The Morgan fingerprint density at radius 1 is 1.24 bits per heavy atom. The minimum Gasteiger partial charge on any atom is -0.480 e. The van der Waals surface area contributed by atoms with Gasteiger partial charge in [-0.2, -0.15) is 0 Å². The lowest BCUT2D eigenvalue weighted by Gasteiger charge is -2.29. The molecule has 0 spiro atoms. The van der Waals surface area contributed by atoms with Crippen molar-refractivity contribution in [2.24, 2.45) is 0 Å². The van der Waals surface area contributed by atoms with E-state index in [1.165, 1.54) is 7.05 Å². The number of rotatable bonds is 7. The van der Waals surface area contributed by atoms with Gasteiger partial charge in [0.2, 0.25) is 0 Å². The molecule has 0 aromatic rings. The maximum atomic E-state index is 11.1. The van der Waals surface area contributed by atoms with Gasteiger partial charge in [0.25, 0.3) is 0 Å². The molecule has 0 fully saturated rings. The second kappa shape index (κ2) is 6.11. The van der Waals surface area contributed by atoms with Gasteiger partial charge in [0.15, 0.2) is 5.66 Å². The largest absolute Gasteiger partial charge is 0.480 e. The third-order valence-electron chi connectivity index (χ3n) is 2.22. The van der Waals surface area contributed by atoms with Crippen molar-refractivity contribution >= 4 is 19.5 Å².